The standard InChI is InChI=1S/C19H14F3N5OS/c20-19(21,22)13-6-7-16(23-10-13)29-11-14-9-17(28)27-18(24-14)25-15(26-27)8-12-4-2-1-3-5-12/h1-7,9-10,28H,8,11H2. The number of thioether (sulfide) groups is 1. The van der Waals surface area contributed by atoms with E-state index >= 15 is 0 Å². The lowest BCUT2D eigenvalue weighted by atomic mass is 10.1. The smallest absolute Gasteiger partial charge is 0.417 e. The topological polar surface area (TPSA) is 76.2 Å². The van der Waals surface area contributed by atoms with Crippen LogP contribution in [0.4, 0.5) is 13.2 Å². The van der Waals surface area contributed by atoms with Crippen molar-refractivity contribution < 1.29 is 18.3 Å². The van der Waals surface area contributed by atoms with Crippen molar-refractivity contribution in [3.05, 3.63) is 77.4 Å². The van der Waals surface area contributed by atoms with Gasteiger partial charge in [0.1, 0.15) is 0 Å². The molecule has 3 aromatic heterocycles. The van der Waals surface area contributed by atoms with Crippen molar-refractivity contribution in [2.75, 3.05) is 0 Å². The van der Waals surface area contributed by atoms with Gasteiger partial charge in [0, 0.05) is 24.4 Å². The van der Waals surface area contributed by atoms with Crippen molar-refractivity contribution in [1.29, 1.82) is 0 Å². The van der Waals surface area contributed by atoms with Crippen LogP contribution in [0.5, 0.6) is 5.88 Å². The van der Waals surface area contributed by atoms with Crippen LogP contribution >= 0.6 is 11.8 Å². The van der Waals surface area contributed by atoms with Crippen LogP contribution in [-0.2, 0) is 18.3 Å². The molecule has 0 aliphatic rings. The van der Waals surface area contributed by atoms with E-state index in [1.807, 2.05) is 30.3 Å². The second kappa shape index (κ2) is 7.70. The molecule has 0 amide bonds. The van der Waals surface area contributed by atoms with Crippen molar-refractivity contribution in [3.63, 3.8) is 0 Å². The summed E-state index contributed by atoms with van der Waals surface area (Å²) in [4.78, 5) is 12.5. The summed E-state index contributed by atoms with van der Waals surface area (Å²) >= 11 is 1.21. The Kier molecular flexibility index (Phi) is 5.10. The summed E-state index contributed by atoms with van der Waals surface area (Å²) in [6.07, 6.45) is -3.12. The van der Waals surface area contributed by atoms with E-state index in [0.717, 1.165) is 17.8 Å². The largest absolute Gasteiger partial charge is 0.493 e. The second-order valence-electron chi connectivity index (χ2n) is 6.18. The van der Waals surface area contributed by atoms with Crippen molar-refractivity contribution in [2.45, 2.75) is 23.4 Å². The van der Waals surface area contributed by atoms with E-state index in [-0.39, 0.29) is 11.7 Å². The maximum Gasteiger partial charge on any atom is 0.417 e. The number of aromatic hydroxyl groups is 1. The summed E-state index contributed by atoms with van der Waals surface area (Å²) in [5.41, 5.74) is 0.751. The molecule has 0 bridgehead atoms. The Bertz CT molecular complexity index is 1130. The van der Waals surface area contributed by atoms with E-state index in [2.05, 4.69) is 20.1 Å². The molecule has 4 aromatic rings. The molecule has 6 nitrogen and oxygen atoms in total. The predicted octanol–water partition coefficient (Wildman–Crippen LogP) is 4.13. The lowest BCUT2D eigenvalue weighted by Gasteiger charge is -2.06. The zero-order valence-electron chi connectivity index (χ0n) is 14.8. The lowest BCUT2D eigenvalue weighted by molar-refractivity contribution is -0.137. The summed E-state index contributed by atoms with van der Waals surface area (Å²) in [6.45, 7) is 0. The fourth-order valence-corrected chi connectivity index (χ4v) is 3.39. The quantitative estimate of drug-likeness (QED) is 0.492. The summed E-state index contributed by atoms with van der Waals surface area (Å²) in [6, 6.07) is 13.4. The van der Waals surface area contributed by atoms with E-state index in [1.165, 1.54) is 28.4 Å². The maximum atomic E-state index is 12.6. The summed E-state index contributed by atoms with van der Waals surface area (Å²) in [5.74, 6) is 0.974. The molecule has 3 heterocycles. The van der Waals surface area contributed by atoms with E-state index in [9.17, 15) is 18.3 Å². The molecule has 0 aliphatic heterocycles. The third-order valence-electron chi connectivity index (χ3n) is 4.03. The molecule has 0 saturated carbocycles. The lowest BCUT2D eigenvalue weighted by Crippen LogP contribution is -2.05. The van der Waals surface area contributed by atoms with Gasteiger partial charge in [-0.3, -0.25) is 0 Å². The average Bonchev–Trinajstić information content (AvgIpc) is 3.10. The minimum absolute atomic E-state index is 0.113. The maximum absolute atomic E-state index is 12.6. The van der Waals surface area contributed by atoms with Crippen LogP contribution < -0.4 is 0 Å². The molecule has 0 fully saturated rings. The Morgan fingerprint density at radius 2 is 1.83 bits per heavy atom. The van der Waals surface area contributed by atoms with Crippen LogP contribution in [0, 0.1) is 0 Å². The Hall–Kier alpha value is -3.14. The Labute approximate surface area is 167 Å². The first kappa shape index (κ1) is 19.2. The molecule has 1 N–H and O–H groups in total. The third kappa shape index (κ3) is 4.48. The molecule has 0 spiro atoms. The first-order chi connectivity index (χ1) is 13.9. The Morgan fingerprint density at radius 1 is 1.03 bits per heavy atom. The van der Waals surface area contributed by atoms with Gasteiger partial charge in [0.05, 0.1) is 16.3 Å². The SMILES string of the molecule is Oc1cc(CSc2ccc(C(F)(F)F)cn2)nc2nc(Cc3ccccc3)nn12. The molecule has 1 aromatic carbocycles. The fraction of sp³-hybridized carbons (Fsp3) is 0.158. The average molecular weight is 417 g/mol. The van der Waals surface area contributed by atoms with Crippen LogP contribution in [0.2, 0.25) is 0 Å². The Morgan fingerprint density at radius 3 is 2.52 bits per heavy atom. The van der Waals surface area contributed by atoms with E-state index in [0.29, 0.717) is 28.7 Å². The highest BCUT2D eigenvalue weighted by Crippen LogP contribution is 2.30. The number of benzene rings is 1. The predicted molar refractivity (Wildman–Crippen MR) is 100 cm³/mol. The van der Waals surface area contributed by atoms with E-state index in [4.69, 9.17) is 0 Å². The summed E-state index contributed by atoms with van der Waals surface area (Å²) in [5, 5.41) is 14.9. The summed E-state index contributed by atoms with van der Waals surface area (Å²) < 4.78 is 39.1. The summed E-state index contributed by atoms with van der Waals surface area (Å²) in [7, 11) is 0. The zero-order chi connectivity index (χ0) is 20.4. The second-order valence-corrected chi connectivity index (χ2v) is 7.18. The fourth-order valence-electron chi connectivity index (χ4n) is 2.65. The van der Waals surface area contributed by atoms with Crippen molar-refractivity contribution in [2.24, 2.45) is 0 Å². The Balaban J connectivity index is 1.49. The van der Waals surface area contributed by atoms with Gasteiger partial charge >= 0.3 is 6.18 Å². The van der Waals surface area contributed by atoms with Gasteiger partial charge < -0.3 is 5.11 Å². The number of rotatable bonds is 5. The van der Waals surface area contributed by atoms with Crippen LogP contribution in [-0.4, -0.2) is 29.7 Å². The molecule has 0 radical (unpaired) electrons. The van der Waals surface area contributed by atoms with Gasteiger partial charge in [-0.25, -0.2) is 9.97 Å². The number of pyridine rings is 1. The monoisotopic (exact) mass is 417 g/mol. The van der Waals surface area contributed by atoms with Gasteiger partial charge in [-0.2, -0.15) is 22.7 Å². The van der Waals surface area contributed by atoms with Crippen LogP contribution in [0.25, 0.3) is 5.78 Å². The molecule has 0 atom stereocenters. The first-order valence-electron chi connectivity index (χ1n) is 8.53. The molecular formula is C19H14F3N5OS. The van der Waals surface area contributed by atoms with Gasteiger partial charge in [-0.05, 0) is 17.7 Å². The van der Waals surface area contributed by atoms with Gasteiger partial charge in [-0.15, -0.1) is 16.9 Å². The molecule has 10 heteroatoms. The van der Waals surface area contributed by atoms with Gasteiger partial charge in [0.25, 0.3) is 5.78 Å². The zero-order valence-corrected chi connectivity index (χ0v) is 15.7. The molecule has 148 valence electrons. The van der Waals surface area contributed by atoms with Crippen LogP contribution in [0.3, 0.4) is 0 Å². The number of hydrogen-bond donors (Lipinski definition) is 1. The van der Waals surface area contributed by atoms with Crippen LogP contribution in [0.15, 0.2) is 59.8 Å². The van der Waals surface area contributed by atoms with Crippen LogP contribution in [0.1, 0.15) is 22.6 Å². The molecule has 0 saturated heterocycles. The molecular weight excluding hydrogens is 403 g/mol. The van der Waals surface area contributed by atoms with Gasteiger partial charge in [0.15, 0.2) is 5.82 Å². The molecule has 4 rings (SSSR count). The molecule has 0 unspecified atom stereocenters. The highest BCUT2D eigenvalue weighted by atomic mass is 32.2. The molecule has 29 heavy (non-hydrogen) atoms. The van der Waals surface area contributed by atoms with Gasteiger partial charge in [-0.1, -0.05) is 30.3 Å². The van der Waals surface area contributed by atoms with Gasteiger partial charge in [0.2, 0.25) is 5.88 Å². The minimum Gasteiger partial charge on any atom is -0.493 e. The van der Waals surface area contributed by atoms with E-state index < -0.39 is 11.7 Å². The number of hydrogen-bond acceptors (Lipinski definition) is 6. The van der Waals surface area contributed by atoms with Crippen molar-refractivity contribution >= 4 is 17.5 Å². The minimum atomic E-state index is -4.42. The normalized spacial score (nSPS) is 11.8. The number of fused-ring (bicyclic) bond motifs is 1. The van der Waals surface area contributed by atoms with Crippen molar-refractivity contribution in [1.82, 2.24) is 24.6 Å². The van der Waals surface area contributed by atoms with Crippen molar-refractivity contribution in [3.8, 4) is 5.88 Å². The number of nitrogens with zero attached hydrogens (tertiary/aromatic N) is 5. The number of halogens is 3. The number of alkyl halides is 3. The highest BCUT2D eigenvalue weighted by Gasteiger charge is 2.30. The third-order valence-corrected chi connectivity index (χ3v) is 5.00. The van der Waals surface area contributed by atoms with E-state index in [1.54, 1.807) is 0 Å². The highest BCUT2D eigenvalue weighted by molar-refractivity contribution is 7.98. The molecule has 0 aliphatic carbocycles. The first-order valence-corrected chi connectivity index (χ1v) is 9.51. The number of aromatic nitrogens is 5.